The fraction of sp³-hybridized carbons (Fsp3) is 0.647. The van der Waals surface area contributed by atoms with Gasteiger partial charge in [0.15, 0.2) is 5.82 Å². The molecule has 26 heavy (non-hydrogen) atoms. The summed E-state index contributed by atoms with van der Waals surface area (Å²) in [6.07, 6.45) is 2.74. The number of ether oxygens (including phenoxy) is 1. The predicted octanol–water partition coefficient (Wildman–Crippen LogP) is 1.17. The first-order valence-electron chi connectivity index (χ1n) is 9.30. The second-order valence-corrected chi connectivity index (χ2v) is 7.49. The average molecular weight is 376 g/mol. The van der Waals surface area contributed by atoms with Gasteiger partial charge in [-0.2, -0.15) is 4.98 Å². The van der Waals surface area contributed by atoms with Gasteiger partial charge in [-0.15, -0.1) is 11.8 Å². The highest BCUT2D eigenvalue weighted by Crippen LogP contribution is 2.31. The first-order valence-corrected chi connectivity index (χ1v) is 10.3. The quantitative estimate of drug-likeness (QED) is 0.612. The van der Waals surface area contributed by atoms with Gasteiger partial charge in [0.2, 0.25) is 5.95 Å². The van der Waals surface area contributed by atoms with Crippen molar-refractivity contribution in [2.75, 3.05) is 68.0 Å². The zero-order valence-corrected chi connectivity index (χ0v) is 16.0. The molecule has 1 N–H and O–H groups in total. The summed E-state index contributed by atoms with van der Waals surface area (Å²) in [4.78, 5) is 23.4. The Kier molecular flexibility index (Phi) is 5.66. The van der Waals surface area contributed by atoms with Gasteiger partial charge in [-0.05, 0) is 12.2 Å². The van der Waals surface area contributed by atoms with Gasteiger partial charge in [0.05, 0.1) is 13.2 Å². The van der Waals surface area contributed by atoms with Gasteiger partial charge in [0.1, 0.15) is 22.4 Å². The minimum Gasteiger partial charge on any atom is -0.378 e. The Morgan fingerprint density at radius 2 is 1.85 bits per heavy atom. The number of aromatic nitrogens is 4. The summed E-state index contributed by atoms with van der Waals surface area (Å²) in [6.45, 7) is 9.01. The molecule has 4 rings (SSSR count). The Morgan fingerprint density at radius 1 is 1.04 bits per heavy atom. The van der Waals surface area contributed by atoms with Crippen molar-refractivity contribution in [3.8, 4) is 0 Å². The number of hydrogen-bond donors (Lipinski definition) is 1. The second-order valence-electron chi connectivity index (χ2n) is 6.41. The number of anilines is 2. The van der Waals surface area contributed by atoms with Crippen molar-refractivity contribution in [1.29, 1.82) is 0 Å². The lowest BCUT2D eigenvalue weighted by atomic mass is 10.3. The first kappa shape index (κ1) is 17.7. The minimum absolute atomic E-state index is 0.719. The van der Waals surface area contributed by atoms with E-state index < -0.39 is 0 Å². The monoisotopic (exact) mass is 375 g/mol. The van der Waals surface area contributed by atoms with Crippen molar-refractivity contribution in [2.24, 2.45) is 0 Å². The Bertz CT molecular complexity index is 747. The van der Waals surface area contributed by atoms with Crippen LogP contribution in [0.15, 0.2) is 11.4 Å². The summed E-state index contributed by atoms with van der Waals surface area (Å²) in [5.74, 6) is 2.72. The van der Waals surface area contributed by atoms with Crippen molar-refractivity contribution in [1.82, 2.24) is 25.3 Å². The molecule has 0 atom stereocenters. The zero-order chi connectivity index (χ0) is 17.8. The summed E-state index contributed by atoms with van der Waals surface area (Å²) >= 11 is 1.75. The molecule has 0 aliphatic carbocycles. The largest absolute Gasteiger partial charge is 0.378 e. The maximum Gasteiger partial charge on any atom is 0.228 e. The molecule has 0 radical (unpaired) electrons. The summed E-state index contributed by atoms with van der Waals surface area (Å²) in [5.41, 5.74) is 1.72. The Balaban J connectivity index is 1.80. The van der Waals surface area contributed by atoms with Gasteiger partial charge in [-0.25, -0.2) is 15.0 Å². The van der Waals surface area contributed by atoms with E-state index in [1.54, 1.807) is 18.1 Å². The van der Waals surface area contributed by atoms with Crippen molar-refractivity contribution in [3.63, 3.8) is 0 Å². The van der Waals surface area contributed by atoms with Crippen LogP contribution in [0.4, 0.5) is 11.8 Å². The van der Waals surface area contributed by atoms with E-state index in [1.807, 2.05) is 0 Å². The molecule has 2 saturated heterocycles. The van der Waals surface area contributed by atoms with Crippen LogP contribution >= 0.6 is 11.8 Å². The molecule has 0 spiro atoms. The number of rotatable bonds is 5. The third-order valence-corrected chi connectivity index (χ3v) is 5.76. The van der Waals surface area contributed by atoms with Gasteiger partial charge in [-0.1, -0.05) is 6.92 Å². The van der Waals surface area contributed by atoms with Crippen LogP contribution in [0.5, 0.6) is 0 Å². The van der Waals surface area contributed by atoms with Crippen LogP contribution in [-0.2, 0) is 4.74 Å². The summed E-state index contributed by atoms with van der Waals surface area (Å²) in [5, 5.41) is 4.34. The molecular weight excluding hydrogens is 350 g/mol. The van der Waals surface area contributed by atoms with E-state index in [-0.39, 0.29) is 0 Å². The van der Waals surface area contributed by atoms with Crippen LogP contribution in [0, 0.1) is 0 Å². The van der Waals surface area contributed by atoms with Crippen LogP contribution in [-0.4, -0.2) is 78.2 Å². The number of fused-ring (bicyclic) bond motifs is 1. The molecule has 0 bridgehead atoms. The molecule has 2 aromatic rings. The number of piperazine rings is 1. The molecular formula is C17H25N7OS. The number of hydrogen-bond acceptors (Lipinski definition) is 9. The van der Waals surface area contributed by atoms with Crippen molar-refractivity contribution < 1.29 is 4.74 Å². The topological polar surface area (TPSA) is 79.3 Å². The Morgan fingerprint density at radius 3 is 2.62 bits per heavy atom. The van der Waals surface area contributed by atoms with Gasteiger partial charge < -0.3 is 19.9 Å². The third-order valence-electron chi connectivity index (χ3n) is 4.57. The number of nitrogens with zero attached hydrogens (tertiary/aromatic N) is 6. The van der Waals surface area contributed by atoms with Crippen LogP contribution in [0.3, 0.4) is 0 Å². The van der Waals surface area contributed by atoms with Crippen molar-refractivity contribution >= 4 is 34.6 Å². The molecule has 8 nitrogen and oxygen atoms in total. The molecule has 0 unspecified atom stereocenters. The fourth-order valence-electron chi connectivity index (χ4n) is 3.21. The molecule has 2 fully saturated rings. The van der Waals surface area contributed by atoms with Gasteiger partial charge in [-0.3, -0.25) is 0 Å². The molecule has 140 valence electrons. The molecule has 0 saturated carbocycles. The Hall–Kier alpha value is -1.71. The first-order chi connectivity index (χ1) is 12.9. The molecule has 2 aliphatic rings. The molecule has 4 heterocycles. The maximum absolute atomic E-state index is 5.52. The second kappa shape index (κ2) is 8.32. The van der Waals surface area contributed by atoms with E-state index in [9.17, 15) is 0 Å². The number of nitrogens with one attached hydrogen (secondary N) is 1. The highest BCUT2D eigenvalue weighted by molar-refractivity contribution is 7.99. The lowest BCUT2D eigenvalue weighted by Crippen LogP contribution is -2.44. The maximum atomic E-state index is 5.52. The molecule has 2 aliphatic heterocycles. The normalized spacial score (nSPS) is 18.5. The van der Waals surface area contributed by atoms with Gasteiger partial charge in [0.25, 0.3) is 0 Å². The lowest BCUT2D eigenvalue weighted by molar-refractivity contribution is 0.122. The van der Waals surface area contributed by atoms with Crippen LogP contribution < -0.4 is 15.1 Å². The number of morpholine rings is 1. The molecule has 9 heteroatoms. The van der Waals surface area contributed by atoms with Crippen LogP contribution in [0.25, 0.3) is 11.0 Å². The SMILES string of the molecule is CCCSc1ncnc2c(N3CCOCC3)nc(N3CCNCC3)nc12. The molecule has 2 aromatic heterocycles. The van der Waals surface area contributed by atoms with Crippen LogP contribution in [0.2, 0.25) is 0 Å². The van der Waals surface area contributed by atoms with Crippen molar-refractivity contribution in [3.05, 3.63) is 6.33 Å². The van der Waals surface area contributed by atoms with E-state index >= 15 is 0 Å². The third kappa shape index (κ3) is 3.70. The smallest absolute Gasteiger partial charge is 0.228 e. The predicted molar refractivity (Wildman–Crippen MR) is 104 cm³/mol. The fourth-order valence-corrected chi connectivity index (χ4v) is 4.00. The summed E-state index contributed by atoms with van der Waals surface area (Å²) in [7, 11) is 0. The summed E-state index contributed by atoms with van der Waals surface area (Å²) in [6, 6.07) is 0. The number of thioether (sulfide) groups is 1. The molecule has 0 amide bonds. The summed E-state index contributed by atoms with van der Waals surface area (Å²) < 4.78 is 5.52. The Labute approximate surface area is 157 Å². The van der Waals surface area contributed by atoms with Gasteiger partial charge in [0, 0.05) is 39.3 Å². The van der Waals surface area contributed by atoms with E-state index in [0.717, 1.165) is 92.5 Å². The minimum atomic E-state index is 0.719. The van der Waals surface area contributed by atoms with E-state index in [1.165, 1.54) is 0 Å². The zero-order valence-electron chi connectivity index (χ0n) is 15.1. The van der Waals surface area contributed by atoms with E-state index in [4.69, 9.17) is 14.7 Å². The van der Waals surface area contributed by atoms with Crippen molar-refractivity contribution in [2.45, 2.75) is 18.4 Å². The molecule has 0 aromatic carbocycles. The van der Waals surface area contributed by atoms with E-state index in [2.05, 4.69) is 32.0 Å². The average Bonchev–Trinajstić information content (AvgIpc) is 2.72. The highest BCUT2D eigenvalue weighted by Gasteiger charge is 2.23. The standard InChI is InChI=1S/C17H25N7OS/c1-2-11-26-16-14-13(19-12-20-16)15(23-7-9-25-10-8-23)22-17(21-14)24-5-3-18-4-6-24/h12,18H,2-11H2,1H3. The van der Waals surface area contributed by atoms with E-state index in [0.29, 0.717) is 0 Å². The lowest BCUT2D eigenvalue weighted by Gasteiger charge is -2.31. The highest BCUT2D eigenvalue weighted by atomic mass is 32.2. The van der Waals surface area contributed by atoms with Crippen LogP contribution in [0.1, 0.15) is 13.3 Å². The van der Waals surface area contributed by atoms with Gasteiger partial charge >= 0.3 is 0 Å².